The zero-order valence-electron chi connectivity index (χ0n) is 33.2. The summed E-state index contributed by atoms with van der Waals surface area (Å²) in [5.41, 5.74) is -4.15. The maximum absolute atomic E-state index is 14.4. The van der Waals surface area contributed by atoms with E-state index in [0.29, 0.717) is 12.2 Å². The Morgan fingerprint density at radius 2 is 1.63 bits per heavy atom. The van der Waals surface area contributed by atoms with Crippen molar-refractivity contribution in [2.75, 3.05) is 53.0 Å². The second-order valence-corrected chi connectivity index (χ2v) is 17.1. The number of benzene rings is 1. The van der Waals surface area contributed by atoms with Gasteiger partial charge in [-0.1, -0.05) is 12.1 Å². The van der Waals surface area contributed by atoms with Crippen molar-refractivity contribution in [1.82, 2.24) is 30.2 Å². The Balaban J connectivity index is 1.09. The fourth-order valence-electron chi connectivity index (χ4n) is 8.99. The molecule has 3 atom stereocenters. The molecular weight excluding hydrogens is 806 g/mol. The van der Waals surface area contributed by atoms with E-state index in [9.17, 15) is 50.3 Å². The zero-order valence-corrected chi connectivity index (χ0v) is 33.2. The van der Waals surface area contributed by atoms with Crippen molar-refractivity contribution in [2.45, 2.75) is 89.0 Å². The van der Waals surface area contributed by atoms with Gasteiger partial charge in [-0.2, -0.15) is 31.4 Å². The maximum Gasteiger partial charge on any atom is 0.416 e. The van der Waals surface area contributed by atoms with Crippen LogP contribution in [0.5, 0.6) is 0 Å². The Bertz CT molecular complexity index is 1940. The molecule has 4 amide bonds. The van der Waals surface area contributed by atoms with Crippen molar-refractivity contribution >= 4 is 29.6 Å². The van der Waals surface area contributed by atoms with Crippen LogP contribution in [-0.2, 0) is 46.1 Å². The molecular formula is C40H48F6N6O8. The summed E-state index contributed by atoms with van der Waals surface area (Å²) in [6.07, 6.45) is -4.60. The van der Waals surface area contributed by atoms with Crippen LogP contribution in [0.25, 0.3) is 0 Å². The molecule has 8 rings (SSSR count). The molecule has 2 N–H and O–H groups in total. The van der Waals surface area contributed by atoms with E-state index in [-0.39, 0.29) is 82.2 Å². The van der Waals surface area contributed by atoms with Crippen LogP contribution >= 0.6 is 0 Å². The highest BCUT2D eigenvalue weighted by Crippen LogP contribution is 2.60. The normalized spacial score (nSPS) is 25.0. The van der Waals surface area contributed by atoms with Crippen LogP contribution < -0.4 is 10.6 Å². The third-order valence-corrected chi connectivity index (χ3v) is 12.9. The van der Waals surface area contributed by atoms with Gasteiger partial charge in [0.15, 0.2) is 0 Å². The van der Waals surface area contributed by atoms with E-state index in [1.165, 1.54) is 41.2 Å². The molecule has 328 valence electrons. The Morgan fingerprint density at radius 3 is 2.22 bits per heavy atom. The summed E-state index contributed by atoms with van der Waals surface area (Å²) in [5.74, 6) is -4.65. The zero-order chi connectivity index (χ0) is 43.3. The minimum Gasteiger partial charge on any atom is -0.469 e. The van der Waals surface area contributed by atoms with Crippen molar-refractivity contribution in [3.8, 4) is 0 Å². The van der Waals surface area contributed by atoms with Crippen LogP contribution in [0, 0.1) is 22.2 Å². The summed E-state index contributed by atoms with van der Waals surface area (Å²) in [4.78, 5) is 69.5. The van der Waals surface area contributed by atoms with Gasteiger partial charge in [0.05, 0.1) is 68.7 Å². The number of carbonyl (C=O) groups is 5. The van der Waals surface area contributed by atoms with Gasteiger partial charge in [-0.15, -0.1) is 0 Å². The molecule has 6 aliphatic rings. The SMILES string of the molecule is COC(=O)CCNC(=O)[C@@H](NC(=O)[C@@H]1CN(C(=O)c2cnn(Cc3ccc(C(F)(F)F)cc3)c2)CC12CN(C(=O)C1(C(F)(F)F)CC1)C2)[C@@H](C)OCC12CCC(CC1)OC2. The van der Waals surface area contributed by atoms with Gasteiger partial charge < -0.3 is 34.6 Å². The number of hydrogen-bond acceptors (Lipinski definition) is 9. The minimum absolute atomic E-state index is 0.0381. The third kappa shape index (κ3) is 8.71. The molecule has 20 heteroatoms. The number of carbonyl (C=O) groups excluding carboxylic acids is 5. The predicted molar refractivity (Wildman–Crippen MR) is 197 cm³/mol. The monoisotopic (exact) mass is 854 g/mol. The fourth-order valence-corrected chi connectivity index (χ4v) is 8.99. The first-order chi connectivity index (χ1) is 28.3. The van der Waals surface area contributed by atoms with Gasteiger partial charge in [0, 0.05) is 49.8 Å². The Labute approximate surface area is 341 Å². The van der Waals surface area contributed by atoms with Gasteiger partial charge in [0.1, 0.15) is 11.5 Å². The number of aromatic nitrogens is 2. The summed E-state index contributed by atoms with van der Waals surface area (Å²) in [6.45, 7) is 1.49. The van der Waals surface area contributed by atoms with Gasteiger partial charge in [-0.25, -0.2) is 0 Å². The van der Waals surface area contributed by atoms with Crippen LogP contribution in [0.3, 0.4) is 0 Å². The number of nitrogens with one attached hydrogen (secondary N) is 2. The molecule has 2 saturated carbocycles. The first kappa shape index (κ1) is 43.4. The number of rotatable bonds is 14. The van der Waals surface area contributed by atoms with E-state index in [4.69, 9.17) is 9.47 Å². The Kier molecular flexibility index (Phi) is 11.8. The number of fused-ring (bicyclic) bond motifs is 3. The lowest BCUT2D eigenvalue weighted by Crippen LogP contribution is -2.67. The molecule has 0 unspecified atom stereocenters. The number of nitrogens with zero attached hydrogens (tertiary/aromatic N) is 4. The second-order valence-electron chi connectivity index (χ2n) is 17.1. The van der Waals surface area contributed by atoms with Gasteiger partial charge >= 0.3 is 18.3 Å². The minimum atomic E-state index is -4.75. The van der Waals surface area contributed by atoms with Crippen LogP contribution in [0.2, 0.25) is 0 Å². The van der Waals surface area contributed by atoms with Crippen LogP contribution in [-0.4, -0.2) is 127 Å². The summed E-state index contributed by atoms with van der Waals surface area (Å²) in [7, 11) is 1.20. The van der Waals surface area contributed by atoms with E-state index in [1.54, 1.807) is 6.92 Å². The summed E-state index contributed by atoms with van der Waals surface area (Å²) in [6, 6.07) is 3.16. The van der Waals surface area contributed by atoms with Gasteiger partial charge in [0.25, 0.3) is 5.91 Å². The largest absolute Gasteiger partial charge is 0.469 e. The van der Waals surface area contributed by atoms with Gasteiger partial charge in [0.2, 0.25) is 17.7 Å². The Hall–Kier alpha value is -4.72. The predicted octanol–water partition coefficient (Wildman–Crippen LogP) is 3.72. The first-order valence-electron chi connectivity index (χ1n) is 20.0. The topological polar surface area (TPSA) is 161 Å². The summed E-state index contributed by atoms with van der Waals surface area (Å²) < 4.78 is 99.3. The molecule has 4 aliphatic heterocycles. The highest BCUT2D eigenvalue weighted by molar-refractivity contribution is 5.96. The number of halogens is 6. The number of hydrogen-bond donors (Lipinski definition) is 2. The molecule has 2 bridgehead atoms. The quantitative estimate of drug-likeness (QED) is 0.213. The average Bonchev–Trinajstić information content (AvgIpc) is 3.75. The van der Waals surface area contributed by atoms with Crippen molar-refractivity contribution in [3.05, 3.63) is 53.3 Å². The molecule has 6 fully saturated rings. The highest BCUT2D eigenvalue weighted by Gasteiger charge is 2.71. The lowest BCUT2D eigenvalue weighted by molar-refractivity contribution is -0.205. The van der Waals surface area contributed by atoms with E-state index in [0.717, 1.165) is 42.7 Å². The van der Waals surface area contributed by atoms with E-state index < -0.39 is 76.4 Å². The molecule has 1 spiro atoms. The lowest BCUT2D eigenvalue weighted by Gasteiger charge is -2.51. The van der Waals surface area contributed by atoms with Crippen LogP contribution in [0.1, 0.15) is 73.4 Å². The lowest BCUT2D eigenvalue weighted by atomic mass is 9.70. The maximum atomic E-state index is 14.4. The van der Waals surface area contributed by atoms with E-state index in [1.807, 2.05) is 0 Å². The number of methoxy groups -OCH3 is 1. The number of amides is 4. The van der Waals surface area contributed by atoms with Crippen LogP contribution in [0.4, 0.5) is 26.3 Å². The van der Waals surface area contributed by atoms with Gasteiger partial charge in [-0.3, -0.25) is 28.7 Å². The van der Waals surface area contributed by atoms with Crippen molar-refractivity contribution in [2.24, 2.45) is 22.2 Å². The number of esters is 1. The molecule has 1 aromatic carbocycles. The molecule has 60 heavy (non-hydrogen) atoms. The number of likely N-dealkylation sites (tertiary alicyclic amines) is 2. The van der Waals surface area contributed by atoms with Crippen molar-refractivity contribution in [1.29, 1.82) is 0 Å². The standard InChI is InChI=1S/C40H48F6N6O8/c1-24(59-22-36-10-7-28(8-11-36)60-23-36)31(33(55)47-14-9-30(53)58-2)49-32(54)29-18-50(19-37(29)20-51(21-37)35(57)38(12-13-38)40(44,45)46)34(56)26-15-48-52(17-26)16-25-3-5-27(6-4-25)39(41,42)43/h3-6,15,17,24,28-29,31H,7-14,16,18-23H2,1-2H3,(H,47,55)(H,49,54)/t24-,28?,29+,31+,36?/m1/s1. The first-order valence-corrected chi connectivity index (χ1v) is 20.0. The number of alkyl halides is 6. The van der Waals surface area contributed by atoms with Crippen LogP contribution in [0.15, 0.2) is 36.7 Å². The molecule has 0 radical (unpaired) electrons. The highest BCUT2D eigenvalue weighted by atomic mass is 19.4. The van der Waals surface area contributed by atoms with Gasteiger partial charge in [-0.05, 0) is 63.1 Å². The van der Waals surface area contributed by atoms with Crippen molar-refractivity contribution in [3.63, 3.8) is 0 Å². The van der Waals surface area contributed by atoms with Crippen molar-refractivity contribution < 1.29 is 64.5 Å². The fraction of sp³-hybridized carbons (Fsp3) is 0.650. The third-order valence-electron chi connectivity index (χ3n) is 12.9. The summed E-state index contributed by atoms with van der Waals surface area (Å²) >= 11 is 0. The number of ether oxygens (including phenoxy) is 3. The molecule has 2 aliphatic carbocycles. The summed E-state index contributed by atoms with van der Waals surface area (Å²) in [5, 5.41) is 9.61. The smallest absolute Gasteiger partial charge is 0.416 e. The molecule has 1 aromatic heterocycles. The van der Waals surface area contributed by atoms with E-state index in [2.05, 4.69) is 20.5 Å². The molecule has 2 aromatic rings. The second kappa shape index (κ2) is 16.3. The Morgan fingerprint density at radius 1 is 0.967 bits per heavy atom. The molecule has 14 nitrogen and oxygen atoms in total. The van der Waals surface area contributed by atoms with E-state index >= 15 is 0 Å². The molecule has 4 saturated heterocycles. The average molecular weight is 855 g/mol. The molecule has 5 heterocycles.